The number of rotatable bonds is 8. The molecule has 3 aliphatic rings. The van der Waals surface area contributed by atoms with Gasteiger partial charge < -0.3 is 20.5 Å². The summed E-state index contributed by atoms with van der Waals surface area (Å²) in [4.78, 5) is 28.3. The van der Waals surface area contributed by atoms with Crippen molar-refractivity contribution in [3.63, 3.8) is 0 Å². The second-order valence-electron chi connectivity index (χ2n) is 10.8. The molecule has 6 rings (SSSR count). The summed E-state index contributed by atoms with van der Waals surface area (Å²) in [5.74, 6) is 1.18. The number of carbonyl (C=O) groups excluding carboxylic acids is 2. The highest BCUT2D eigenvalue weighted by atomic mass is 16.5. The second-order valence-corrected chi connectivity index (χ2v) is 10.8. The van der Waals surface area contributed by atoms with Crippen LogP contribution in [0.3, 0.4) is 0 Å². The van der Waals surface area contributed by atoms with E-state index in [-0.39, 0.29) is 23.8 Å². The lowest BCUT2D eigenvalue weighted by molar-refractivity contribution is -0.134. The average Bonchev–Trinajstić information content (AvgIpc) is 3.55. The molecule has 0 bridgehead atoms. The largest absolute Gasteiger partial charge is 0.360 e. The van der Waals surface area contributed by atoms with Crippen molar-refractivity contribution < 1.29 is 14.1 Å². The fourth-order valence-electron chi connectivity index (χ4n) is 5.87. The molecule has 1 saturated heterocycles. The van der Waals surface area contributed by atoms with Gasteiger partial charge in [-0.1, -0.05) is 65.8 Å². The van der Waals surface area contributed by atoms with Gasteiger partial charge in [-0.15, -0.1) is 0 Å². The molecule has 3 aromatic rings. The molecule has 1 unspecified atom stereocenters. The molecule has 2 heterocycles. The van der Waals surface area contributed by atoms with Gasteiger partial charge in [-0.05, 0) is 66.7 Å². The number of allylic oxidation sites excluding steroid dienone is 1. The molecule has 3 N–H and O–H groups in total. The molecule has 2 amide bonds. The molecule has 1 aromatic heterocycles. The van der Waals surface area contributed by atoms with Gasteiger partial charge in [0.2, 0.25) is 5.91 Å². The van der Waals surface area contributed by atoms with E-state index < -0.39 is 6.04 Å². The van der Waals surface area contributed by atoms with Gasteiger partial charge in [0.15, 0.2) is 5.69 Å². The standard InChI is InChI=1S/C31H34N4O3/c32-26(18-24-13-10-20-6-4-5-9-25(20)24)31(37)35-16-14-23(15-17-35)29(22-7-2-1-3-8-22)33-30(36)27-19-28(38-34-27)21-11-12-21/h1-9,13,19,21,23,26,29H,10-12,14-18,32H2,(H,33,36)/t26-,29?/m0/s1. The number of hydrogen-bond donors (Lipinski definition) is 2. The van der Waals surface area contributed by atoms with Crippen LogP contribution in [0.25, 0.3) is 5.57 Å². The number of hydrogen-bond acceptors (Lipinski definition) is 5. The predicted molar refractivity (Wildman–Crippen MR) is 145 cm³/mol. The Bertz CT molecular complexity index is 1340. The van der Waals surface area contributed by atoms with Crippen LogP contribution in [0.2, 0.25) is 0 Å². The van der Waals surface area contributed by atoms with Crippen molar-refractivity contribution in [3.8, 4) is 0 Å². The molecule has 2 aliphatic carbocycles. The quantitative estimate of drug-likeness (QED) is 0.461. The van der Waals surface area contributed by atoms with Gasteiger partial charge in [-0.2, -0.15) is 0 Å². The Balaban J connectivity index is 1.09. The van der Waals surface area contributed by atoms with Crippen molar-refractivity contribution in [1.29, 1.82) is 0 Å². The Morgan fingerprint density at radius 1 is 1.03 bits per heavy atom. The lowest BCUT2D eigenvalue weighted by Crippen LogP contribution is -2.48. The molecule has 0 spiro atoms. The number of fused-ring (bicyclic) bond motifs is 1. The molecule has 1 aliphatic heterocycles. The summed E-state index contributed by atoms with van der Waals surface area (Å²) < 4.78 is 5.40. The van der Waals surface area contributed by atoms with Crippen molar-refractivity contribution in [2.24, 2.45) is 11.7 Å². The van der Waals surface area contributed by atoms with E-state index in [0.717, 1.165) is 43.4 Å². The summed E-state index contributed by atoms with van der Waals surface area (Å²) in [6, 6.07) is 19.4. The SMILES string of the molecule is N[C@@H](CC1=CCc2ccccc21)C(=O)N1CCC(C(NC(=O)c2cc(C3CC3)on2)c2ccccc2)CC1. The Labute approximate surface area is 223 Å². The highest BCUT2D eigenvalue weighted by Crippen LogP contribution is 2.40. The summed E-state index contributed by atoms with van der Waals surface area (Å²) in [7, 11) is 0. The number of piperidine rings is 1. The van der Waals surface area contributed by atoms with Crippen LogP contribution >= 0.6 is 0 Å². The Kier molecular flexibility index (Phi) is 6.85. The summed E-state index contributed by atoms with van der Waals surface area (Å²) >= 11 is 0. The maximum Gasteiger partial charge on any atom is 0.273 e. The van der Waals surface area contributed by atoms with E-state index in [2.05, 4.69) is 28.7 Å². The lowest BCUT2D eigenvalue weighted by Gasteiger charge is -2.37. The van der Waals surface area contributed by atoms with Crippen LogP contribution in [0, 0.1) is 5.92 Å². The topological polar surface area (TPSA) is 101 Å². The lowest BCUT2D eigenvalue weighted by atomic mass is 9.85. The first kappa shape index (κ1) is 24.6. The van der Waals surface area contributed by atoms with Gasteiger partial charge in [0.05, 0.1) is 12.1 Å². The highest BCUT2D eigenvalue weighted by molar-refractivity contribution is 5.92. The number of amides is 2. The van der Waals surface area contributed by atoms with Crippen LogP contribution in [0.5, 0.6) is 0 Å². The summed E-state index contributed by atoms with van der Waals surface area (Å²) in [6.07, 6.45) is 7.41. The monoisotopic (exact) mass is 510 g/mol. The van der Waals surface area contributed by atoms with Crippen molar-refractivity contribution in [2.75, 3.05) is 13.1 Å². The zero-order valence-electron chi connectivity index (χ0n) is 21.5. The fraction of sp³-hybridized carbons (Fsp3) is 0.387. The summed E-state index contributed by atoms with van der Waals surface area (Å²) in [5, 5.41) is 7.24. The van der Waals surface area contributed by atoms with Crippen molar-refractivity contribution in [3.05, 3.63) is 94.9 Å². The number of carbonyl (C=O) groups is 2. The van der Waals surface area contributed by atoms with Gasteiger partial charge in [0, 0.05) is 25.1 Å². The summed E-state index contributed by atoms with van der Waals surface area (Å²) in [5.41, 5.74) is 11.5. The van der Waals surface area contributed by atoms with Gasteiger partial charge in [-0.3, -0.25) is 9.59 Å². The predicted octanol–water partition coefficient (Wildman–Crippen LogP) is 4.62. The van der Waals surface area contributed by atoms with Crippen LogP contribution < -0.4 is 11.1 Å². The molecule has 196 valence electrons. The van der Waals surface area contributed by atoms with Crippen LogP contribution in [0.1, 0.15) is 77.0 Å². The average molecular weight is 511 g/mol. The number of benzene rings is 2. The molecule has 2 fully saturated rings. The van der Waals surface area contributed by atoms with E-state index in [1.165, 1.54) is 16.7 Å². The fourth-order valence-corrected chi connectivity index (χ4v) is 5.87. The van der Waals surface area contributed by atoms with Crippen molar-refractivity contribution in [1.82, 2.24) is 15.4 Å². The minimum atomic E-state index is -0.554. The Hall–Kier alpha value is -3.71. The molecule has 38 heavy (non-hydrogen) atoms. The molecule has 7 nitrogen and oxygen atoms in total. The van der Waals surface area contributed by atoms with E-state index in [9.17, 15) is 9.59 Å². The first-order valence-corrected chi connectivity index (χ1v) is 13.7. The minimum absolute atomic E-state index is 0.00392. The van der Waals surface area contributed by atoms with E-state index in [1.54, 1.807) is 6.07 Å². The molecule has 7 heteroatoms. The summed E-state index contributed by atoms with van der Waals surface area (Å²) in [6.45, 7) is 1.25. The minimum Gasteiger partial charge on any atom is -0.360 e. The Morgan fingerprint density at radius 3 is 2.53 bits per heavy atom. The van der Waals surface area contributed by atoms with Gasteiger partial charge in [0.25, 0.3) is 5.91 Å². The van der Waals surface area contributed by atoms with Crippen LogP contribution in [-0.2, 0) is 11.2 Å². The van der Waals surface area contributed by atoms with Gasteiger partial charge in [-0.25, -0.2) is 0 Å². The Morgan fingerprint density at radius 2 is 1.76 bits per heavy atom. The van der Waals surface area contributed by atoms with E-state index >= 15 is 0 Å². The van der Waals surface area contributed by atoms with Crippen LogP contribution in [0.4, 0.5) is 0 Å². The molecule has 0 radical (unpaired) electrons. The van der Waals surface area contributed by atoms with Crippen LogP contribution in [0.15, 0.2) is 71.3 Å². The first-order chi connectivity index (χ1) is 18.6. The normalized spacial score (nSPS) is 19.0. The van der Waals surface area contributed by atoms with Crippen molar-refractivity contribution >= 4 is 17.4 Å². The highest BCUT2D eigenvalue weighted by Gasteiger charge is 2.34. The number of nitrogens with zero attached hydrogens (tertiary/aromatic N) is 2. The third-order valence-electron chi connectivity index (χ3n) is 8.20. The van der Waals surface area contributed by atoms with Crippen LogP contribution in [-0.4, -0.2) is 41.0 Å². The second kappa shape index (κ2) is 10.6. The van der Waals surface area contributed by atoms with Gasteiger partial charge in [0.1, 0.15) is 5.76 Å². The molecule has 1 saturated carbocycles. The molecular weight excluding hydrogens is 476 g/mol. The number of nitrogens with two attached hydrogens (primary N) is 1. The number of likely N-dealkylation sites (tertiary alicyclic amines) is 1. The van der Waals surface area contributed by atoms with Gasteiger partial charge >= 0.3 is 0 Å². The molecular formula is C31H34N4O3. The molecule has 2 atom stereocenters. The van der Waals surface area contributed by atoms with E-state index in [0.29, 0.717) is 31.1 Å². The number of nitrogens with one attached hydrogen (secondary N) is 1. The maximum absolute atomic E-state index is 13.3. The molecule has 2 aromatic carbocycles. The maximum atomic E-state index is 13.3. The van der Waals surface area contributed by atoms with E-state index in [1.807, 2.05) is 47.4 Å². The zero-order chi connectivity index (χ0) is 26.1. The zero-order valence-corrected chi connectivity index (χ0v) is 21.5. The third kappa shape index (κ3) is 5.16. The first-order valence-electron chi connectivity index (χ1n) is 13.7. The van der Waals surface area contributed by atoms with Crippen molar-refractivity contribution in [2.45, 2.75) is 56.5 Å². The smallest absolute Gasteiger partial charge is 0.273 e. The number of aromatic nitrogens is 1. The third-order valence-corrected chi connectivity index (χ3v) is 8.20. The van der Waals surface area contributed by atoms with E-state index in [4.69, 9.17) is 10.3 Å².